The summed E-state index contributed by atoms with van der Waals surface area (Å²) < 4.78 is 24.9. The van der Waals surface area contributed by atoms with Crippen LogP contribution < -0.4 is 5.32 Å². The second-order valence-electron chi connectivity index (χ2n) is 7.04. The molecule has 1 saturated heterocycles. The number of amides is 1. The molecule has 0 spiro atoms. The molecule has 0 bridgehead atoms. The van der Waals surface area contributed by atoms with Gasteiger partial charge in [0.25, 0.3) is 0 Å². The number of nitrogens with one attached hydrogen (secondary N) is 1. The zero-order chi connectivity index (χ0) is 18.9. The van der Waals surface area contributed by atoms with E-state index in [1.165, 1.54) is 0 Å². The third-order valence-corrected chi connectivity index (χ3v) is 6.86. The summed E-state index contributed by atoms with van der Waals surface area (Å²) in [5.74, 6) is -0.101. The second-order valence-corrected chi connectivity index (χ2v) is 9.34. The van der Waals surface area contributed by atoms with Crippen LogP contribution in [0.5, 0.6) is 0 Å². The lowest BCUT2D eigenvalue weighted by molar-refractivity contribution is -0.125. The fourth-order valence-electron chi connectivity index (χ4n) is 3.45. The van der Waals surface area contributed by atoms with Crippen molar-refractivity contribution in [3.8, 4) is 5.69 Å². The highest BCUT2D eigenvalue weighted by molar-refractivity contribution is 7.91. The van der Waals surface area contributed by atoms with Crippen LogP contribution in [0.1, 0.15) is 42.6 Å². The van der Waals surface area contributed by atoms with Crippen molar-refractivity contribution in [2.24, 2.45) is 5.92 Å². The van der Waals surface area contributed by atoms with Crippen LogP contribution in [0, 0.1) is 19.8 Å². The molecule has 0 aliphatic carbocycles. The molecule has 3 rings (SSSR count). The predicted molar refractivity (Wildman–Crippen MR) is 101 cm³/mol. The normalized spacial score (nSPS) is 18.4. The molecule has 1 aromatic carbocycles. The van der Waals surface area contributed by atoms with Gasteiger partial charge in [-0.05, 0) is 45.2 Å². The third kappa shape index (κ3) is 3.82. The van der Waals surface area contributed by atoms with E-state index in [0.717, 1.165) is 22.5 Å². The number of hydrogen-bond acceptors (Lipinski definition) is 4. The van der Waals surface area contributed by atoms with Crippen LogP contribution in [-0.4, -0.2) is 35.6 Å². The SMILES string of the molecule is Cc1ccccc1-n1ncc(C(C)NC(=O)C2CCS(=O)(=O)CC2)c1C. The molecule has 1 aliphatic rings. The van der Waals surface area contributed by atoms with Crippen molar-refractivity contribution < 1.29 is 13.2 Å². The Bertz CT molecular complexity index is 904. The fraction of sp³-hybridized carbons (Fsp3) is 0.474. The summed E-state index contributed by atoms with van der Waals surface area (Å²) in [5.41, 5.74) is 4.10. The van der Waals surface area contributed by atoms with Gasteiger partial charge >= 0.3 is 0 Å². The first-order valence-electron chi connectivity index (χ1n) is 8.90. The highest BCUT2D eigenvalue weighted by atomic mass is 32.2. The molecule has 1 amide bonds. The number of hydrogen-bond donors (Lipinski definition) is 1. The van der Waals surface area contributed by atoms with E-state index in [-0.39, 0.29) is 29.4 Å². The molecular weight excluding hydrogens is 350 g/mol. The Morgan fingerprint density at radius 1 is 1.23 bits per heavy atom. The second kappa shape index (κ2) is 7.23. The first-order valence-corrected chi connectivity index (χ1v) is 10.7. The number of carbonyl (C=O) groups excluding carboxylic acids is 1. The van der Waals surface area contributed by atoms with Gasteiger partial charge in [-0.25, -0.2) is 13.1 Å². The number of rotatable bonds is 4. The van der Waals surface area contributed by atoms with Crippen molar-refractivity contribution in [2.75, 3.05) is 11.5 Å². The molecule has 0 radical (unpaired) electrons. The minimum absolute atomic E-state index is 0.0737. The van der Waals surface area contributed by atoms with E-state index in [9.17, 15) is 13.2 Å². The topological polar surface area (TPSA) is 81.1 Å². The summed E-state index contributed by atoms with van der Waals surface area (Å²) in [6, 6.07) is 7.85. The minimum Gasteiger partial charge on any atom is -0.349 e. The van der Waals surface area contributed by atoms with Gasteiger partial charge in [-0.3, -0.25) is 4.79 Å². The summed E-state index contributed by atoms with van der Waals surface area (Å²) in [6.07, 6.45) is 2.60. The van der Waals surface area contributed by atoms with Crippen LogP contribution in [0.15, 0.2) is 30.5 Å². The maximum Gasteiger partial charge on any atom is 0.223 e. The van der Waals surface area contributed by atoms with Crippen LogP contribution in [0.2, 0.25) is 0 Å². The Kier molecular flexibility index (Phi) is 5.18. The van der Waals surface area contributed by atoms with Crippen molar-refractivity contribution in [3.05, 3.63) is 47.3 Å². The highest BCUT2D eigenvalue weighted by Gasteiger charge is 2.29. The van der Waals surface area contributed by atoms with Crippen LogP contribution in [-0.2, 0) is 14.6 Å². The van der Waals surface area contributed by atoms with E-state index in [0.29, 0.717) is 12.8 Å². The Hall–Kier alpha value is -2.15. The average Bonchev–Trinajstić information content (AvgIpc) is 2.96. The van der Waals surface area contributed by atoms with Crippen molar-refractivity contribution in [2.45, 2.75) is 39.7 Å². The van der Waals surface area contributed by atoms with Gasteiger partial charge in [0.2, 0.25) is 5.91 Å². The zero-order valence-electron chi connectivity index (χ0n) is 15.4. The molecule has 2 aromatic rings. The lowest BCUT2D eigenvalue weighted by Crippen LogP contribution is -2.37. The third-order valence-electron chi connectivity index (χ3n) is 5.14. The number of aromatic nitrogens is 2. The molecular formula is C19H25N3O3S. The molecule has 1 fully saturated rings. The van der Waals surface area contributed by atoms with E-state index >= 15 is 0 Å². The molecule has 7 heteroatoms. The van der Waals surface area contributed by atoms with E-state index in [1.807, 2.05) is 49.7 Å². The first-order chi connectivity index (χ1) is 12.3. The van der Waals surface area contributed by atoms with E-state index in [2.05, 4.69) is 10.4 Å². The maximum atomic E-state index is 12.5. The molecule has 26 heavy (non-hydrogen) atoms. The number of nitrogens with zero attached hydrogens (tertiary/aromatic N) is 2. The molecule has 1 atom stereocenters. The van der Waals surface area contributed by atoms with E-state index < -0.39 is 9.84 Å². The van der Waals surface area contributed by atoms with Crippen molar-refractivity contribution in [1.82, 2.24) is 15.1 Å². The van der Waals surface area contributed by atoms with Gasteiger partial charge in [0.15, 0.2) is 0 Å². The Morgan fingerprint density at radius 3 is 2.54 bits per heavy atom. The Labute approximate surface area is 154 Å². The average molecular weight is 375 g/mol. The summed E-state index contributed by atoms with van der Waals surface area (Å²) in [7, 11) is -2.96. The zero-order valence-corrected chi connectivity index (χ0v) is 16.2. The molecule has 2 heterocycles. The van der Waals surface area contributed by atoms with E-state index in [4.69, 9.17) is 0 Å². The molecule has 1 aliphatic heterocycles. The number of sulfone groups is 1. The van der Waals surface area contributed by atoms with Gasteiger partial charge in [0.05, 0.1) is 29.4 Å². The lowest BCUT2D eigenvalue weighted by atomic mass is 10.0. The quantitative estimate of drug-likeness (QED) is 0.890. The molecule has 140 valence electrons. The van der Waals surface area contributed by atoms with Crippen LogP contribution in [0.3, 0.4) is 0 Å². The van der Waals surface area contributed by atoms with E-state index in [1.54, 1.807) is 6.20 Å². The molecule has 0 saturated carbocycles. The van der Waals surface area contributed by atoms with Gasteiger partial charge in [-0.2, -0.15) is 5.10 Å². The van der Waals surface area contributed by atoms with Gasteiger partial charge in [-0.15, -0.1) is 0 Å². The molecule has 1 aromatic heterocycles. The summed E-state index contributed by atoms with van der Waals surface area (Å²) >= 11 is 0. The molecule has 1 N–H and O–H groups in total. The maximum absolute atomic E-state index is 12.5. The van der Waals surface area contributed by atoms with Gasteiger partial charge in [-0.1, -0.05) is 18.2 Å². The summed E-state index contributed by atoms with van der Waals surface area (Å²) in [4.78, 5) is 12.5. The first kappa shape index (κ1) is 18.6. The van der Waals surface area contributed by atoms with Gasteiger partial charge < -0.3 is 5.32 Å². The predicted octanol–water partition coefficient (Wildman–Crippen LogP) is 2.49. The van der Waals surface area contributed by atoms with Crippen LogP contribution >= 0.6 is 0 Å². The Morgan fingerprint density at radius 2 is 1.88 bits per heavy atom. The number of carbonyl (C=O) groups is 1. The standard InChI is InChI=1S/C19H25N3O3S/c1-13-6-4-5-7-18(13)22-15(3)17(12-20-22)14(2)21-19(23)16-8-10-26(24,25)11-9-16/h4-7,12,14,16H,8-11H2,1-3H3,(H,21,23). The fourth-order valence-corrected chi connectivity index (χ4v) is 4.94. The van der Waals surface area contributed by atoms with Gasteiger partial charge in [0, 0.05) is 17.2 Å². The summed E-state index contributed by atoms with van der Waals surface area (Å²) in [5, 5.41) is 7.52. The van der Waals surface area contributed by atoms with Crippen LogP contribution in [0.25, 0.3) is 5.69 Å². The highest BCUT2D eigenvalue weighted by Crippen LogP contribution is 2.24. The number of para-hydroxylation sites is 1. The van der Waals surface area contributed by atoms with Crippen molar-refractivity contribution >= 4 is 15.7 Å². The van der Waals surface area contributed by atoms with Crippen molar-refractivity contribution in [1.29, 1.82) is 0 Å². The Balaban J connectivity index is 1.72. The summed E-state index contributed by atoms with van der Waals surface area (Å²) in [6.45, 7) is 5.97. The van der Waals surface area contributed by atoms with Gasteiger partial charge in [0.1, 0.15) is 9.84 Å². The molecule has 1 unspecified atom stereocenters. The van der Waals surface area contributed by atoms with Crippen molar-refractivity contribution in [3.63, 3.8) is 0 Å². The minimum atomic E-state index is -2.96. The largest absolute Gasteiger partial charge is 0.349 e. The monoisotopic (exact) mass is 375 g/mol. The van der Waals surface area contributed by atoms with Crippen LogP contribution in [0.4, 0.5) is 0 Å². The number of aryl methyl sites for hydroxylation is 1. The number of benzene rings is 1. The smallest absolute Gasteiger partial charge is 0.223 e. The molecule has 6 nitrogen and oxygen atoms in total. The lowest BCUT2D eigenvalue weighted by Gasteiger charge is -2.23.